The van der Waals surface area contributed by atoms with E-state index >= 15 is 0 Å². The van der Waals surface area contributed by atoms with E-state index in [1.54, 1.807) is 72.8 Å². The van der Waals surface area contributed by atoms with Crippen molar-refractivity contribution in [2.24, 2.45) is 0 Å². The highest BCUT2D eigenvalue weighted by molar-refractivity contribution is 6.42. The second-order valence-electron chi connectivity index (χ2n) is 14.9. The molecule has 14 heteroatoms. The fraction of sp³-hybridized carbons (Fsp3) is 0.146. The molecule has 0 saturated heterocycles. The van der Waals surface area contributed by atoms with Gasteiger partial charge in [-0.3, -0.25) is 14.4 Å². The topological polar surface area (TPSA) is 158 Å². The highest BCUT2D eigenvalue weighted by atomic mass is 35.5. The molecule has 0 fully saturated rings. The highest BCUT2D eigenvalue weighted by Crippen LogP contribution is 2.40. The number of hydrogen-bond donors (Lipinski definition) is 3. The monoisotopic (exact) mass is 868 g/mol. The summed E-state index contributed by atoms with van der Waals surface area (Å²) in [6.07, 6.45) is -1.07. The van der Waals surface area contributed by atoms with E-state index in [0.29, 0.717) is 55.0 Å². The Morgan fingerprint density at radius 2 is 1.55 bits per heavy atom. The quantitative estimate of drug-likeness (QED) is 0.117. The molecule has 62 heavy (non-hydrogen) atoms. The van der Waals surface area contributed by atoms with E-state index in [1.165, 1.54) is 17.0 Å². The predicted molar refractivity (Wildman–Crippen MR) is 229 cm³/mol. The first-order valence-corrected chi connectivity index (χ1v) is 20.2. The molecule has 3 N–H and O–H groups in total. The van der Waals surface area contributed by atoms with Crippen molar-refractivity contribution < 1.29 is 38.1 Å². The summed E-state index contributed by atoms with van der Waals surface area (Å²) in [5.41, 5.74) is 6.10. The molecule has 2 aliphatic heterocycles. The minimum Gasteiger partial charge on any atom is -0.489 e. The first-order chi connectivity index (χ1) is 29.9. The number of hydrogen-bond acceptors (Lipinski definition) is 7. The van der Waals surface area contributed by atoms with Crippen LogP contribution in [0.4, 0.5) is 10.1 Å². The number of nitrogens with zero attached hydrogens (tertiary/aromatic N) is 2. The Morgan fingerprint density at radius 1 is 0.871 bits per heavy atom. The van der Waals surface area contributed by atoms with Gasteiger partial charge in [-0.1, -0.05) is 77.8 Å². The number of carboxylic acids is 1. The lowest BCUT2D eigenvalue weighted by atomic mass is 9.91. The average Bonchev–Trinajstić information content (AvgIpc) is 3.28. The summed E-state index contributed by atoms with van der Waals surface area (Å²) < 4.78 is 26.0. The number of aliphatic carboxylic acids is 1. The fourth-order valence-electron chi connectivity index (χ4n) is 7.42. The number of fused-ring (bicyclic) bond motifs is 2. The van der Waals surface area contributed by atoms with Gasteiger partial charge in [0.15, 0.2) is 0 Å². The molecule has 0 spiro atoms. The summed E-state index contributed by atoms with van der Waals surface area (Å²) in [6, 6.07) is 34.3. The van der Waals surface area contributed by atoms with E-state index in [4.69, 9.17) is 37.9 Å². The Labute approximate surface area is 365 Å². The Balaban J connectivity index is 0.999. The molecule has 3 atom stereocenters. The van der Waals surface area contributed by atoms with Gasteiger partial charge in [-0.05, 0) is 106 Å². The summed E-state index contributed by atoms with van der Waals surface area (Å²) in [5.74, 6) is -2.59. The molecule has 8 rings (SSSR count). The van der Waals surface area contributed by atoms with Crippen molar-refractivity contribution >= 4 is 52.6 Å². The maximum atomic E-state index is 14.1. The minimum absolute atomic E-state index is 0.0179. The van der Waals surface area contributed by atoms with Crippen LogP contribution in [0.25, 0.3) is 11.1 Å². The number of rotatable bonds is 11. The van der Waals surface area contributed by atoms with Crippen LogP contribution in [0.1, 0.15) is 49.8 Å². The van der Waals surface area contributed by atoms with Crippen LogP contribution in [-0.2, 0) is 40.4 Å². The first-order valence-electron chi connectivity index (χ1n) is 19.4. The third kappa shape index (κ3) is 9.10. The molecule has 0 aliphatic carbocycles. The predicted octanol–water partition coefficient (Wildman–Crippen LogP) is 8.70. The maximum absolute atomic E-state index is 14.1. The Kier molecular flexibility index (Phi) is 11.9. The lowest BCUT2D eigenvalue weighted by Gasteiger charge is -2.37. The van der Waals surface area contributed by atoms with Gasteiger partial charge in [0, 0.05) is 30.5 Å². The van der Waals surface area contributed by atoms with Gasteiger partial charge in [-0.25, -0.2) is 9.18 Å². The lowest BCUT2D eigenvalue weighted by molar-refractivity contribution is -0.142. The van der Waals surface area contributed by atoms with Gasteiger partial charge >= 0.3 is 5.97 Å². The van der Waals surface area contributed by atoms with Gasteiger partial charge in [0.1, 0.15) is 36.0 Å². The van der Waals surface area contributed by atoms with Crippen LogP contribution in [-0.4, -0.2) is 45.8 Å². The molecule has 2 aliphatic rings. The molecule has 3 amide bonds. The number of benzene rings is 6. The number of nitrogens with one attached hydrogen (secondary N) is 2. The molecule has 0 radical (unpaired) electrons. The minimum atomic E-state index is -1.34. The fourth-order valence-corrected chi connectivity index (χ4v) is 7.75. The number of carbonyl (C=O) groups is 4. The molecule has 2 heterocycles. The van der Waals surface area contributed by atoms with Crippen molar-refractivity contribution in [2.45, 2.75) is 44.2 Å². The summed E-state index contributed by atoms with van der Waals surface area (Å²) in [6.45, 7) is 0.175. The van der Waals surface area contributed by atoms with Crippen LogP contribution < -0.4 is 20.1 Å². The highest BCUT2D eigenvalue weighted by Gasteiger charge is 2.39. The summed E-state index contributed by atoms with van der Waals surface area (Å²) in [5, 5.41) is 25.8. The molecule has 0 aromatic heterocycles. The zero-order valence-corrected chi connectivity index (χ0v) is 34.1. The zero-order chi connectivity index (χ0) is 43.5. The number of ether oxygens (including phenoxy) is 2. The van der Waals surface area contributed by atoms with Crippen LogP contribution in [0.2, 0.25) is 10.0 Å². The molecule has 0 saturated carbocycles. The molecule has 0 bridgehead atoms. The smallest absolute Gasteiger partial charge is 0.326 e. The number of halogens is 3. The molecular formula is C48H35Cl2FN4O7. The Hall–Kier alpha value is -7.20. The van der Waals surface area contributed by atoms with Crippen molar-refractivity contribution in [1.82, 2.24) is 10.2 Å². The van der Waals surface area contributed by atoms with Crippen LogP contribution in [0.15, 0.2) is 127 Å². The second kappa shape index (κ2) is 17.8. The van der Waals surface area contributed by atoms with Gasteiger partial charge in [0.2, 0.25) is 12.0 Å². The van der Waals surface area contributed by atoms with E-state index < -0.39 is 47.7 Å². The van der Waals surface area contributed by atoms with E-state index in [2.05, 4.69) is 16.7 Å². The lowest BCUT2D eigenvalue weighted by Crippen LogP contribution is -2.56. The van der Waals surface area contributed by atoms with Gasteiger partial charge in [0.05, 0.1) is 27.4 Å². The molecular weight excluding hydrogens is 834 g/mol. The molecule has 6 aromatic rings. The SMILES string of the molecule is N#Cc1ccc(-c2ccc(CC(NC(=O)[C@@H]3Cc4cc5c(cc4CN3C(=O)c3ccc(F)cc3)O[C@@H](c3ccc(OCc4ccc(Cl)c(Cl)c4)cc3)C(=O)N5)C(=O)O)cc2)cc1. The Bertz CT molecular complexity index is 2740. The van der Waals surface area contributed by atoms with Gasteiger partial charge in [-0.2, -0.15) is 5.26 Å². The van der Waals surface area contributed by atoms with Crippen LogP contribution >= 0.6 is 23.2 Å². The van der Waals surface area contributed by atoms with E-state index in [-0.39, 0.29) is 31.6 Å². The number of nitriles is 1. The summed E-state index contributed by atoms with van der Waals surface area (Å²) in [4.78, 5) is 55.5. The number of carboxylic acid groups (broad SMARTS) is 1. The molecule has 6 aromatic carbocycles. The van der Waals surface area contributed by atoms with Crippen molar-refractivity contribution in [3.05, 3.63) is 182 Å². The van der Waals surface area contributed by atoms with Crippen LogP contribution in [0, 0.1) is 17.1 Å². The second-order valence-corrected chi connectivity index (χ2v) is 15.7. The maximum Gasteiger partial charge on any atom is 0.326 e. The average molecular weight is 870 g/mol. The van der Waals surface area contributed by atoms with Crippen molar-refractivity contribution in [3.63, 3.8) is 0 Å². The van der Waals surface area contributed by atoms with E-state index in [1.807, 2.05) is 30.3 Å². The van der Waals surface area contributed by atoms with Crippen molar-refractivity contribution in [3.8, 4) is 28.7 Å². The van der Waals surface area contributed by atoms with Crippen LogP contribution in [0.5, 0.6) is 11.5 Å². The van der Waals surface area contributed by atoms with Crippen molar-refractivity contribution in [1.29, 1.82) is 5.26 Å². The van der Waals surface area contributed by atoms with Gasteiger partial charge in [0.25, 0.3) is 11.8 Å². The van der Waals surface area contributed by atoms with E-state index in [9.17, 15) is 28.7 Å². The number of anilines is 1. The summed E-state index contributed by atoms with van der Waals surface area (Å²) in [7, 11) is 0. The summed E-state index contributed by atoms with van der Waals surface area (Å²) >= 11 is 12.1. The normalized spacial score (nSPS) is 15.8. The molecule has 310 valence electrons. The molecule has 1 unspecified atom stereocenters. The first kappa shape index (κ1) is 41.5. The van der Waals surface area contributed by atoms with Gasteiger partial charge in [-0.15, -0.1) is 0 Å². The Morgan fingerprint density at radius 3 is 2.21 bits per heavy atom. The number of amides is 3. The number of carbonyl (C=O) groups excluding carboxylic acids is 3. The van der Waals surface area contributed by atoms with Crippen molar-refractivity contribution in [2.75, 3.05) is 5.32 Å². The third-order valence-electron chi connectivity index (χ3n) is 10.8. The third-order valence-corrected chi connectivity index (χ3v) is 11.5. The van der Waals surface area contributed by atoms with Crippen LogP contribution in [0.3, 0.4) is 0 Å². The van der Waals surface area contributed by atoms with E-state index in [0.717, 1.165) is 28.8 Å². The zero-order valence-electron chi connectivity index (χ0n) is 32.6. The van der Waals surface area contributed by atoms with Gasteiger partial charge < -0.3 is 30.1 Å². The largest absolute Gasteiger partial charge is 0.489 e. The standard InChI is InChI=1S/C48H35Cl2FN4O7/c49-38-18-5-29(19-39(38)50)26-61-37-16-12-32(13-17-37)44-46(57)53-40-21-34-22-42(55(25-35(34)23-43(40)62-44)47(58)33-10-14-36(51)15-11-33)45(56)54-41(48(59)60)20-27-1-6-30(7-2-27)31-8-3-28(24-52)4-9-31/h1-19,21,23,41-42,44H,20,22,25-26H2,(H,53,57)(H,54,56)(H,59,60)/t41?,42-,44-/m0/s1. The molecule has 11 nitrogen and oxygen atoms in total.